The standard InChI is InChI=1S/C18H27N3O2.ClH/c1-14-6-8-15(9-7-14)18(23)21-11-4-5-16(13-21)17(22)20(3)12-10-19-2;/h6-9,16,19H,4-5,10-13H2,1-3H3;1H. The van der Waals surface area contributed by atoms with Gasteiger partial charge in [0, 0.05) is 38.8 Å². The number of likely N-dealkylation sites (N-methyl/N-ethyl adjacent to an activating group) is 2. The topological polar surface area (TPSA) is 52.7 Å². The zero-order valence-corrected chi connectivity index (χ0v) is 15.6. The Bertz CT molecular complexity index is 548. The van der Waals surface area contributed by atoms with Gasteiger partial charge in [-0.2, -0.15) is 0 Å². The first kappa shape index (κ1) is 20.5. The van der Waals surface area contributed by atoms with Gasteiger partial charge in [-0.3, -0.25) is 9.59 Å². The molecule has 2 amide bonds. The number of carbonyl (C=O) groups is 2. The molecular weight excluding hydrogens is 326 g/mol. The van der Waals surface area contributed by atoms with Crippen LogP contribution in [0.15, 0.2) is 24.3 Å². The largest absolute Gasteiger partial charge is 0.344 e. The highest BCUT2D eigenvalue weighted by Gasteiger charge is 2.30. The predicted molar refractivity (Wildman–Crippen MR) is 98.6 cm³/mol. The van der Waals surface area contributed by atoms with Crippen molar-refractivity contribution in [2.75, 3.05) is 40.3 Å². The molecule has 0 bridgehead atoms. The van der Waals surface area contributed by atoms with Gasteiger partial charge in [-0.05, 0) is 38.9 Å². The number of piperidine rings is 1. The molecule has 1 fully saturated rings. The molecule has 5 nitrogen and oxygen atoms in total. The number of benzene rings is 1. The van der Waals surface area contributed by atoms with Crippen molar-refractivity contribution in [3.63, 3.8) is 0 Å². The molecule has 0 radical (unpaired) electrons. The third-order valence-corrected chi connectivity index (χ3v) is 4.43. The summed E-state index contributed by atoms with van der Waals surface area (Å²) in [4.78, 5) is 28.7. The molecule has 1 saturated heterocycles. The summed E-state index contributed by atoms with van der Waals surface area (Å²) in [5, 5.41) is 3.05. The zero-order chi connectivity index (χ0) is 16.8. The summed E-state index contributed by atoms with van der Waals surface area (Å²) in [6.45, 7) is 4.73. The van der Waals surface area contributed by atoms with E-state index in [1.165, 1.54) is 0 Å². The molecule has 1 N–H and O–H groups in total. The number of aryl methyl sites for hydroxylation is 1. The highest BCUT2D eigenvalue weighted by Crippen LogP contribution is 2.20. The van der Waals surface area contributed by atoms with Gasteiger partial charge in [0.1, 0.15) is 0 Å². The predicted octanol–water partition coefficient (Wildman–Crippen LogP) is 1.95. The number of hydrogen-bond donors (Lipinski definition) is 1. The molecule has 2 rings (SSSR count). The van der Waals surface area contributed by atoms with Crippen molar-refractivity contribution in [2.24, 2.45) is 5.92 Å². The van der Waals surface area contributed by atoms with E-state index in [1.54, 1.807) is 4.90 Å². The Hall–Kier alpha value is -1.59. The van der Waals surface area contributed by atoms with Gasteiger partial charge in [0.25, 0.3) is 5.91 Å². The number of carbonyl (C=O) groups excluding carboxylic acids is 2. The van der Waals surface area contributed by atoms with Gasteiger partial charge < -0.3 is 15.1 Å². The van der Waals surface area contributed by atoms with Crippen LogP contribution in [0.2, 0.25) is 0 Å². The molecule has 1 aromatic rings. The number of nitrogens with zero attached hydrogens (tertiary/aromatic N) is 2. The Morgan fingerprint density at radius 2 is 1.96 bits per heavy atom. The van der Waals surface area contributed by atoms with E-state index < -0.39 is 0 Å². The number of rotatable bonds is 5. The molecule has 1 heterocycles. The Morgan fingerprint density at radius 3 is 2.58 bits per heavy atom. The van der Waals surface area contributed by atoms with Crippen molar-refractivity contribution in [1.29, 1.82) is 0 Å². The molecule has 1 atom stereocenters. The average Bonchev–Trinajstić information content (AvgIpc) is 2.59. The van der Waals surface area contributed by atoms with Crippen LogP contribution in [0.4, 0.5) is 0 Å². The molecule has 24 heavy (non-hydrogen) atoms. The van der Waals surface area contributed by atoms with Crippen LogP contribution in [0.1, 0.15) is 28.8 Å². The quantitative estimate of drug-likeness (QED) is 0.880. The first-order valence-electron chi connectivity index (χ1n) is 8.28. The maximum Gasteiger partial charge on any atom is 0.253 e. The molecule has 0 saturated carbocycles. The van der Waals surface area contributed by atoms with E-state index in [-0.39, 0.29) is 30.1 Å². The van der Waals surface area contributed by atoms with Crippen molar-refractivity contribution in [3.8, 4) is 0 Å². The lowest BCUT2D eigenvalue weighted by Crippen LogP contribution is -2.46. The summed E-state index contributed by atoms with van der Waals surface area (Å²) < 4.78 is 0. The zero-order valence-electron chi connectivity index (χ0n) is 14.7. The molecule has 1 unspecified atom stereocenters. The van der Waals surface area contributed by atoms with Gasteiger partial charge in [0.15, 0.2) is 0 Å². The van der Waals surface area contributed by atoms with E-state index in [4.69, 9.17) is 0 Å². The Labute approximate surface area is 150 Å². The number of likely N-dealkylation sites (tertiary alicyclic amines) is 1. The molecule has 1 aliphatic heterocycles. The van der Waals surface area contributed by atoms with Crippen molar-refractivity contribution in [1.82, 2.24) is 15.1 Å². The number of halogens is 1. The second-order valence-corrected chi connectivity index (χ2v) is 6.32. The third-order valence-electron chi connectivity index (χ3n) is 4.43. The fraction of sp³-hybridized carbons (Fsp3) is 0.556. The minimum absolute atomic E-state index is 0. The summed E-state index contributed by atoms with van der Waals surface area (Å²) in [6.07, 6.45) is 1.74. The molecule has 134 valence electrons. The number of hydrogen-bond acceptors (Lipinski definition) is 3. The van der Waals surface area contributed by atoms with E-state index in [0.717, 1.165) is 31.5 Å². The van der Waals surface area contributed by atoms with Crippen LogP contribution in [0, 0.1) is 12.8 Å². The maximum absolute atomic E-state index is 12.6. The normalized spacial score (nSPS) is 17.1. The van der Waals surface area contributed by atoms with E-state index >= 15 is 0 Å². The van der Waals surface area contributed by atoms with Crippen LogP contribution in [0.3, 0.4) is 0 Å². The maximum atomic E-state index is 12.6. The lowest BCUT2D eigenvalue weighted by atomic mass is 9.96. The second kappa shape index (κ2) is 9.64. The first-order valence-corrected chi connectivity index (χ1v) is 8.28. The molecule has 0 spiro atoms. The van der Waals surface area contributed by atoms with Crippen LogP contribution in [0.5, 0.6) is 0 Å². The SMILES string of the molecule is CNCCN(C)C(=O)C1CCCN(C(=O)c2ccc(C)cc2)C1.Cl. The minimum atomic E-state index is -0.0833. The smallest absolute Gasteiger partial charge is 0.253 e. The van der Waals surface area contributed by atoms with Crippen LogP contribution in [-0.2, 0) is 4.79 Å². The highest BCUT2D eigenvalue weighted by molar-refractivity contribution is 5.94. The summed E-state index contributed by atoms with van der Waals surface area (Å²) in [5.41, 5.74) is 1.84. The lowest BCUT2D eigenvalue weighted by molar-refractivity contribution is -0.135. The van der Waals surface area contributed by atoms with E-state index in [9.17, 15) is 9.59 Å². The Kier molecular flexibility index (Phi) is 8.22. The summed E-state index contributed by atoms with van der Waals surface area (Å²) in [7, 11) is 3.71. The average molecular weight is 354 g/mol. The monoisotopic (exact) mass is 353 g/mol. The molecule has 6 heteroatoms. The van der Waals surface area contributed by atoms with E-state index in [0.29, 0.717) is 18.7 Å². The highest BCUT2D eigenvalue weighted by atomic mass is 35.5. The van der Waals surface area contributed by atoms with Gasteiger partial charge >= 0.3 is 0 Å². The third kappa shape index (κ3) is 5.21. The van der Waals surface area contributed by atoms with Crippen LogP contribution >= 0.6 is 12.4 Å². The molecular formula is C18H28ClN3O2. The second-order valence-electron chi connectivity index (χ2n) is 6.32. The molecule has 1 aliphatic rings. The summed E-state index contributed by atoms with van der Waals surface area (Å²) >= 11 is 0. The molecule has 0 aromatic heterocycles. The van der Waals surface area contributed by atoms with Crippen molar-refractivity contribution in [3.05, 3.63) is 35.4 Å². The van der Waals surface area contributed by atoms with Crippen LogP contribution in [-0.4, -0.2) is 61.9 Å². The molecule has 0 aliphatic carbocycles. The van der Waals surface area contributed by atoms with Crippen molar-refractivity contribution < 1.29 is 9.59 Å². The van der Waals surface area contributed by atoms with Crippen molar-refractivity contribution in [2.45, 2.75) is 19.8 Å². The summed E-state index contributed by atoms with van der Waals surface area (Å²) in [6, 6.07) is 7.63. The first-order chi connectivity index (χ1) is 11.0. The van der Waals surface area contributed by atoms with E-state index in [2.05, 4.69) is 5.32 Å². The Morgan fingerprint density at radius 1 is 1.29 bits per heavy atom. The van der Waals surface area contributed by atoms with Gasteiger partial charge in [-0.1, -0.05) is 17.7 Å². The molecule has 1 aromatic carbocycles. The minimum Gasteiger partial charge on any atom is -0.344 e. The fourth-order valence-corrected chi connectivity index (χ4v) is 2.94. The van der Waals surface area contributed by atoms with Gasteiger partial charge in [0.2, 0.25) is 5.91 Å². The number of amides is 2. The lowest BCUT2D eigenvalue weighted by Gasteiger charge is -2.34. The fourth-order valence-electron chi connectivity index (χ4n) is 2.94. The van der Waals surface area contributed by atoms with Gasteiger partial charge in [-0.15, -0.1) is 12.4 Å². The van der Waals surface area contributed by atoms with Crippen LogP contribution in [0.25, 0.3) is 0 Å². The van der Waals surface area contributed by atoms with E-state index in [1.807, 2.05) is 50.2 Å². The number of nitrogens with one attached hydrogen (secondary N) is 1. The van der Waals surface area contributed by atoms with Crippen LogP contribution < -0.4 is 5.32 Å². The van der Waals surface area contributed by atoms with Gasteiger partial charge in [0.05, 0.1) is 5.92 Å². The van der Waals surface area contributed by atoms with Gasteiger partial charge in [-0.25, -0.2) is 0 Å². The summed E-state index contributed by atoms with van der Waals surface area (Å²) in [5.74, 6) is 0.0852. The van der Waals surface area contributed by atoms with Crippen molar-refractivity contribution >= 4 is 24.2 Å². The Balaban J connectivity index is 0.00000288.